The SMILES string of the molecule is CN(Cc1ccccc1)C(=S)c1ccc(N(C)C)cc1. The van der Waals surface area contributed by atoms with Crippen LogP contribution in [0.2, 0.25) is 0 Å². The molecular formula is C17H20N2S. The van der Waals surface area contributed by atoms with E-state index in [0.29, 0.717) is 0 Å². The number of hydrogen-bond acceptors (Lipinski definition) is 2. The summed E-state index contributed by atoms with van der Waals surface area (Å²) in [4.78, 5) is 5.06. The molecule has 0 amide bonds. The maximum atomic E-state index is 5.56. The third-order valence-electron chi connectivity index (χ3n) is 3.24. The van der Waals surface area contributed by atoms with Gasteiger partial charge in [-0.1, -0.05) is 42.5 Å². The first-order valence-corrected chi connectivity index (χ1v) is 7.05. The second kappa shape index (κ2) is 6.53. The molecule has 0 spiro atoms. The molecule has 0 heterocycles. The molecule has 0 saturated carbocycles. The maximum Gasteiger partial charge on any atom is 0.109 e. The summed E-state index contributed by atoms with van der Waals surface area (Å²) < 4.78 is 0. The molecule has 0 saturated heterocycles. The van der Waals surface area contributed by atoms with Crippen molar-refractivity contribution in [1.82, 2.24) is 4.90 Å². The molecule has 0 aliphatic carbocycles. The highest BCUT2D eigenvalue weighted by Gasteiger charge is 2.08. The summed E-state index contributed by atoms with van der Waals surface area (Å²) in [7, 11) is 6.11. The summed E-state index contributed by atoms with van der Waals surface area (Å²) in [6, 6.07) is 18.7. The molecule has 0 N–H and O–H groups in total. The van der Waals surface area contributed by atoms with Gasteiger partial charge in [-0.2, -0.15) is 0 Å². The fourth-order valence-electron chi connectivity index (χ4n) is 2.05. The lowest BCUT2D eigenvalue weighted by molar-refractivity contribution is 0.510. The average molecular weight is 284 g/mol. The van der Waals surface area contributed by atoms with Crippen molar-refractivity contribution >= 4 is 22.9 Å². The Bertz CT molecular complexity index is 561. The molecule has 0 aliphatic heterocycles. The van der Waals surface area contributed by atoms with Gasteiger partial charge in [0.25, 0.3) is 0 Å². The molecule has 20 heavy (non-hydrogen) atoms. The standard InChI is InChI=1S/C17H20N2S/c1-18(2)16-11-9-15(10-12-16)17(20)19(3)13-14-7-5-4-6-8-14/h4-12H,13H2,1-3H3. The molecule has 0 unspecified atom stereocenters. The van der Waals surface area contributed by atoms with Crippen molar-refractivity contribution < 1.29 is 0 Å². The number of nitrogens with zero attached hydrogens (tertiary/aromatic N) is 2. The Morgan fingerprint density at radius 3 is 2.05 bits per heavy atom. The van der Waals surface area contributed by atoms with Gasteiger partial charge >= 0.3 is 0 Å². The van der Waals surface area contributed by atoms with Crippen molar-refractivity contribution in [1.29, 1.82) is 0 Å². The molecule has 0 aromatic heterocycles. The lowest BCUT2D eigenvalue weighted by Gasteiger charge is -2.21. The molecule has 0 radical (unpaired) electrons. The normalized spacial score (nSPS) is 10.2. The van der Waals surface area contributed by atoms with Gasteiger partial charge < -0.3 is 9.80 Å². The zero-order valence-corrected chi connectivity index (χ0v) is 13.0. The highest BCUT2D eigenvalue weighted by atomic mass is 32.1. The smallest absolute Gasteiger partial charge is 0.109 e. The van der Waals surface area contributed by atoms with Crippen LogP contribution in [0.25, 0.3) is 0 Å². The monoisotopic (exact) mass is 284 g/mol. The van der Waals surface area contributed by atoms with Crippen LogP contribution < -0.4 is 4.90 Å². The Morgan fingerprint density at radius 2 is 1.50 bits per heavy atom. The number of rotatable bonds is 4. The van der Waals surface area contributed by atoms with Crippen LogP contribution in [0.1, 0.15) is 11.1 Å². The Labute approximate surface area is 126 Å². The third-order valence-corrected chi connectivity index (χ3v) is 3.79. The Balaban J connectivity index is 2.06. The topological polar surface area (TPSA) is 6.48 Å². The summed E-state index contributed by atoms with van der Waals surface area (Å²) in [5, 5.41) is 0. The van der Waals surface area contributed by atoms with Gasteiger partial charge in [-0.3, -0.25) is 0 Å². The van der Waals surface area contributed by atoms with E-state index in [1.165, 1.54) is 11.3 Å². The van der Waals surface area contributed by atoms with Gasteiger partial charge in [0.2, 0.25) is 0 Å². The fourth-order valence-corrected chi connectivity index (χ4v) is 2.25. The Kier molecular flexibility index (Phi) is 4.74. The highest BCUT2D eigenvalue weighted by molar-refractivity contribution is 7.80. The molecule has 2 aromatic carbocycles. The number of hydrogen-bond donors (Lipinski definition) is 0. The van der Waals surface area contributed by atoms with Gasteiger partial charge in [-0.05, 0) is 29.8 Å². The van der Waals surface area contributed by atoms with E-state index in [1.807, 2.05) is 27.2 Å². The van der Waals surface area contributed by atoms with Gasteiger partial charge in [0.1, 0.15) is 4.99 Å². The fraction of sp³-hybridized carbons (Fsp3) is 0.235. The number of benzene rings is 2. The predicted octanol–water partition coefficient (Wildman–Crippen LogP) is 3.56. The third kappa shape index (κ3) is 3.58. The first-order chi connectivity index (χ1) is 9.58. The first-order valence-electron chi connectivity index (χ1n) is 6.64. The van der Waals surface area contributed by atoms with Crippen molar-refractivity contribution in [3.63, 3.8) is 0 Å². The Morgan fingerprint density at radius 1 is 0.900 bits per heavy atom. The lowest BCUT2D eigenvalue weighted by Crippen LogP contribution is -2.25. The minimum Gasteiger partial charge on any atom is -0.378 e. The van der Waals surface area contributed by atoms with Crippen molar-refractivity contribution in [3.8, 4) is 0 Å². The molecule has 2 aromatic rings. The van der Waals surface area contributed by atoms with E-state index in [1.54, 1.807) is 0 Å². The van der Waals surface area contributed by atoms with Crippen molar-refractivity contribution in [2.45, 2.75) is 6.54 Å². The van der Waals surface area contributed by atoms with E-state index < -0.39 is 0 Å². The van der Waals surface area contributed by atoms with Crippen LogP contribution in [-0.4, -0.2) is 31.0 Å². The van der Waals surface area contributed by atoms with E-state index >= 15 is 0 Å². The summed E-state index contributed by atoms with van der Waals surface area (Å²) in [6.45, 7) is 0.828. The summed E-state index contributed by atoms with van der Waals surface area (Å²) in [5.74, 6) is 0. The van der Waals surface area contributed by atoms with Crippen LogP contribution in [0, 0.1) is 0 Å². The second-order valence-corrected chi connectivity index (χ2v) is 5.47. The molecule has 0 aliphatic rings. The van der Waals surface area contributed by atoms with Crippen molar-refractivity contribution in [2.75, 3.05) is 26.0 Å². The van der Waals surface area contributed by atoms with Crippen LogP contribution >= 0.6 is 12.2 Å². The average Bonchev–Trinajstić information content (AvgIpc) is 2.47. The Hall–Kier alpha value is -1.87. The summed E-state index contributed by atoms with van der Waals surface area (Å²) in [5.41, 5.74) is 3.54. The van der Waals surface area contributed by atoms with Crippen LogP contribution in [0.4, 0.5) is 5.69 Å². The van der Waals surface area contributed by atoms with E-state index in [9.17, 15) is 0 Å². The van der Waals surface area contributed by atoms with Crippen molar-refractivity contribution in [3.05, 3.63) is 65.7 Å². The summed E-state index contributed by atoms with van der Waals surface area (Å²) in [6.07, 6.45) is 0. The molecule has 0 bridgehead atoms. The molecule has 104 valence electrons. The molecule has 0 atom stereocenters. The minimum absolute atomic E-state index is 0.828. The van der Waals surface area contributed by atoms with Crippen molar-refractivity contribution in [2.24, 2.45) is 0 Å². The van der Waals surface area contributed by atoms with E-state index in [-0.39, 0.29) is 0 Å². The zero-order chi connectivity index (χ0) is 14.5. The predicted molar refractivity (Wildman–Crippen MR) is 90.4 cm³/mol. The molecule has 3 heteroatoms. The highest BCUT2D eigenvalue weighted by Crippen LogP contribution is 2.15. The minimum atomic E-state index is 0.828. The lowest BCUT2D eigenvalue weighted by atomic mass is 10.1. The molecular weight excluding hydrogens is 264 g/mol. The van der Waals surface area contributed by atoms with E-state index in [2.05, 4.69) is 58.3 Å². The maximum absolute atomic E-state index is 5.56. The number of anilines is 1. The van der Waals surface area contributed by atoms with E-state index in [4.69, 9.17) is 12.2 Å². The van der Waals surface area contributed by atoms with Gasteiger partial charge in [0, 0.05) is 38.9 Å². The van der Waals surface area contributed by atoms with Gasteiger partial charge in [0.05, 0.1) is 0 Å². The van der Waals surface area contributed by atoms with Gasteiger partial charge in [-0.15, -0.1) is 0 Å². The largest absolute Gasteiger partial charge is 0.378 e. The second-order valence-electron chi connectivity index (χ2n) is 5.09. The molecule has 2 nitrogen and oxygen atoms in total. The van der Waals surface area contributed by atoms with Gasteiger partial charge in [0.15, 0.2) is 0 Å². The van der Waals surface area contributed by atoms with Gasteiger partial charge in [-0.25, -0.2) is 0 Å². The zero-order valence-electron chi connectivity index (χ0n) is 12.2. The summed E-state index contributed by atoms with van der Waals surface area (Å²) >= 11 is 5.56. The number of thiocarbonyl (C=S) groups is 1. The molecule has 0 fully saturated rings. The molecule has 2 rings (SSSR count). The van der Waals surface area contributed by atoms with Crippen LogP contribution in [0.3, 0.4) is 0 Å². The first kappa shape index (κ1) is 14.5. The van der Waals surface area contributed by atoms with Crippen LogP contribution in [0.15, 0.2) is 54.6 Å². The van der Waals surface area contributed by atoms with E-state index in [0.717, 1.165) is 17.1 Å². The van der Waals surface area contributed by atoms with Crippen LogP contribution in [-0.2, 0) is 6.54 Å². The quantitative estimate of drug-likeness (QED) is 0.793. The van der Waals surface area contributed by atoms with Crippen LogP contribution in [0.5, 0.6) is 0 Å².